The summed E-state index contributed by atoms with van der Waals surface area (Å²) in [7, 11) is 4.63. The molecule has 3 rings (SSSR count). The van der Waals surface area contributed by atoms with Crippen LogP contribution in [-0.2, 0) is 0 Å². The molecule has 0 aliphatic carbocycles. The predicted molar refractivity (Wildman–Crippen MR) is 85.1 cm³/mol. The van der Waals surface area contributed by atoms with E-state index in [4.69, 9.17) is 19.3 Å². The van der Waals surface area contributed by atoms with E-state index >= 15 is 0 Å². The van der Waals surface area contributed by atoms with Gasteiger partial charge in [0, 0.05) is 17.1 Å². The predicted octanol–water partition coefficient (Wildman–Crippen LogP) is 2.79. The van der Waals surface area contributed by atoms with E-state index in [1.165, 1.54) is 24.6 Å². The summed E-state index contributed by atoms with van der Waals surface area (Å²) in [6.45, 7) is 0. The molecule has 0 unspecified atom stereocenters. The molecule has 3 aromatic rings. The lowest BCUT2D eigenvalue weighted by atomic mass is 10.1. The third kappa shape index (κ3) is 2.46. The van der Waals surface area contributed by atoms with Crippen molar-refractivity contribution in [1.82, 2.24) is 9.38 Å². The molecule has 23 heavy (non-hydrogen) atoms. The van der Waals surface area contributed by atoms with Crippen molar-refractivity contribution < 1.29 is 24.1 Å². The highest BCUT2D eigenvalue weighted by Crippen LogP contribution is 2.41. The molecule has 1 N–H and O–H groups in total. The standard InChI is InChI=1S/C15H14N2O5S/c1-20-11-4-8(5-12(21-2)13(11)22-3)10-7-23-15-16-9(14(18)19)6-17(10)15/h4-7H,1-3H3,(H,18,19). The summed E-state index contributed by atoms with van der Waals surface area (Å²) in [5.41, 5.74) is 1.61. The fraction of sp³-hybridized carbons (Fsp3) is 0.200. The first-order valence-electron chi connectivity index (χ1n) is 6.59. The van der Waals surface area contributed by atoms with Crippen molar-refractivity contribution in [3.63, 3.8) is 0 Å². The molecule has 0 spiro atoms. The molecule has 0 amide bonds. The third-order valence-corrected chi connectivity index (χ3v) is 4.23. The maximum absolute atomic E-state index is 11.1. The van der Waals surface area contributed by atoms with Gasteiger partial charge in [-0.1, -0.05) is 0 Å². The third-order valence-electron chi connectivity index (χ3n) is 3.39. The number of carboxylic acid groups (broad SMARTS) is 1. The molecule has 2 heterocycles. The van der Waals surface area contributed by atoms with Crippen molar-refractivity contribution in [3.8, 4) is 28.5 Å². The van der Waals surface area contributed by atoms with E-state index in [1.807, 2.05) is 17.5 Å². The van der Waals surface area contributed by atoms with Crippen molar-refractivity contribution in [3.05, 3.63) is 29.4 Å². The van der Waals surface area contributed by atoms with Crippen LogP contribution in [0.1, 0.15) is 10.5 Å². The number of methoxy groups -OCH3 is 3. The summed E-state index contributed by atoms with van der Waals surface area (Å²) in [5.74, 6) is 0.498. The van der Waals surface area contributed by atoms with E-state index in [0.717, 1.165) is 11.3 Å². The van der Waals surface area contributed by atoms with Crippen LogP contribution in [0.5, 0.6) is 17.2 Å². The number of carboxylic acids is 1. The molecule has 0 fully saturated rings. The summed E-state index contributed by atoms with van der Waals surface area (Å²) >= 11 is 1.36. The minimum absolute atomic E-state index is 0.00513. The first-order valence-corrected chi connectivity index (χ1v) is 7.47. The Labute approximate surface area is 135 Å². The van der Waals surface area contributed by atoms with E-state index in [9.17, 15) is 4.79 Å². The Balaban J connectivity index is 2.20. The molecular formula is C15H14N2O5S. The molecule has 0 aliphatic heterocycles. The number of hydrogen-bond acceptors (Lipinski definition) is 6. The lowest BCUT2D eigenvalue weighted by molar-refractivity contribution is 0.0691. The monoisotopic (exact) mass is 334 g/mol. The highest BCUT2D eigenvalue weighted by molar-refractivity contribution is 7.15. The molecule has 0 atom stereocenters. The van der Waals surface area contributed by atoms with Gasteiger partial charge in [-0.15, -0.1) is 11.3 Å². The van der Waals surface area contributed by atoms with Gasteiger partial charge in [0.15, 0.2) is 22.2 Å². The van der Waals surface area contributed by atoms with Gasteiger partial charge in [-0.25, -0.2) is 9.78 Å². The number of aromatic carboxylic acids is 1. The van der Waals surface area contributed by atoms with Gasteiger partial charge >= 0.3 is 5.97 Å². The summed E-state index contributed by atoms with van der Waals surface area (Å²) in [6, 6.07) is 3.62. The molecule has 0 radical (unpaired) electrons. The molecule has 2 aromatic heterocycles. The maximum Gasteiger partial charge on any atom is 0.356 e. The highest BCUT2D eigenvalue weighted by atomic mass is 32.1. The zero-order valence-corrected chi connectivity index (χ0v) is 13.5. The van der Waals surface area contributed by atoms with Gasteiger partial charge in [-0.2, -0.15) is 0 Å². The number of rotatable bonds is 5. The fourth-order valence-electron chi connectivity index (χ4n) is 2.32. The number of fused-ring (bicyclic) bond motifs is 1. The molecule has 0 bridgehead atoms. The van der Waals surface area contributed by atoms with Crippen molar-refractivity contribution in [1.29, 1.82) is 0 Å². The Hall–Kier alpha value is -2.74. The topological polar surface area (TPSA) is 82.3 Å². The summed E-state index contributed by atoms with van der Waals surface area (Å²) in [6.07, 6.45) is 1.49. The number of imidazole rings is 1. The van der Waals surface area contributed by atoms with Gasteiger partial charge in [0.1, 0.15) is 0 Å². The lowest BCUT2D eigenvalue weighted by Crippen LogP contribution is -1.97. The van der Waals surface area contributed by atoms with Crippen molar-refractivity contribution in [2.24, 2.45) is 0 Å². The molecular weight excluding hydrogens is 320 g/mol. The number of thiazole rings is 1. The quantitative estimate of drug-likeness (QED) is 0.772. The molecule has 7 nitrogen and oxygen atoms in total. The highest BCUT2D eigenvalue weighted by Gasteiger charge is 2.18. The van der Waals surface area contributed by atoms with Gasteiger partial charge in [-0.3, -0.25) is 4.40 Å². The number of hydrogen-bond donors (Lipinski definition) is 1. The minimum atomic E-state index is -1.06. The Kier molecular flexibility index (Phi) is 3.83. The Morgan fingerprint density at radius 1 is 1.17 bits per heavy atom. The minimum Gasteiger partial charge on any atom is -0.493 e. The molecule has 0 saturated heterocycles. The van der Waals surface area contributed by atoms with E-state index in [-0.39, 0.29) is 5.69 Å². The largest absolute Gasteiger partial charge is 0.493 e. The summed E-state index contributed by atoms with van der Waals surface area (Å²) in [5, 5.41) is 11.0. The van der Waals surface area contributed by atoms with Crippen LogP contribution < -0.4 is 14.2 Å². The van der Waals surface area contributed by atoms with Gasteiger partial charge in [0.05, 0.1) is 27.0 Å². The maximum atomic E-state index is 11.1. The molecule has 0 aliphatic rings. The normalized spacial score (nSPS) is 10.7. The van der Waals surface area contributed by atoms with Crippen molar-refractivity contribution >= 4 is 22.3 Å². The smallest absolute Gasteiger partial charge is 0.356 e. The lowest BCUT2D eigenvalue weighted by Gasteiger charge is -2.13. The van der Waals surface area contributed by atoms with Crippen LogP contribution in [0, 0.1) is 0 Å². The zero-order chi connectivity index (χ0) is 16.6. The number of nitrogens with zero attached hydrogens (tertiary/aromatic N) is 2. The van der Waals surface area contributed by atoms with Crippen LogP contribution in [0.4, 0.5) is 0 Å². The van der Waals surface area contributed by atoms with Crippen LogP contribution in [-0.4, -0.2) is 41.8 Å². The molecule has 0 saturated carbocycles. The second-order valence-electron chi connectivity index (χ2n) is 4.62. The van der Waals surface area contributed by atoms with E-state index in [2.05, 4.69) is 4.98 Å². The number of aromatic nitrogens is 2. The van der Waals surface area contributed by atoms with Crippen LogP contribution in [0.25, 0.3) is 16.2 Å². The molecule has 120 valence electrons. The Morgan fingerprint density at radius 2 is 1.83 bits per heavy atom. The number of benzene rings is 1. The second-order valence-corrected chi connectivity index (χ2v) is 5.46. The fourth-order valence-corrected chi connectivity index (χ4v) is 3.21. The SMILES string of the molecule is COc1cc(-c2csc3nc(C(=O)O)cn23)cc(OC)c1OC. The van der Waals surface area contributed by atoms with Crippen LogP contribution >= 0.6 is 11.3 Å². The van der Waals surface area contributed by atoms with Gasteiger partial charge < -0.3 is 19.3 Å². The summed E-state index contributed by atoms with van der Waals surface area (Å²) in [4.78, 5) is 15.7. The first kappa shape index (κ1) is 15.2. The van der Waals surface area contributed by atoms with E-state index in [1.54, 1.807) is 18.6 Å². The van der Waals surface area contributed by atoms with Gasteiger partial charge in [0.25, 0.3) is 0 Å². The Morgan fingerprint density at radius 3 is 2.35 bits per heavy atom. The number of carbonyl (C=O) groups is 1. The van der Waals surface area contributed by atoms with Crippen LogP contribution in [0.2, 0.25) is 0 Å². The van der Waals surface area contributed by atoms with Crippen LogP contribution in [0.15, 0.2) is 23.7 Å². The molecule has 8 heteroatoms. The zero-order valence-electron chi connectivity index (χ0n) is 12.7. The van der Waals surface area contributed by atoms with Crippen molar-refractivity contribution in [2.75, 3.05) is 21.3 Å². The second kappa shape index (κ2) is 5.81. The van der Waals surface area contributed by atoms with Crippen molar-refractivity contribution in [2.45, 2.75) is 0 Å². The Bertz CT molecular complexity index is 858. The van der Waals surface area contributed by atoms with E-state index < -0.39 is 5.97 Å². The van der Waals surface area contributed by atoms with E-state index in [0.29, 0.717) is 22.2 Å². The average Bonchev–Trinajstić information content (AvgIpc) is 3.13. The van der Waals surface area contributed by atoms with Gasteiger partial charge in [0.2, 0.25) is 5.75 Å². The van der Waals surface area contributed by atoms with Crippen LogP contribution in [0.3, 0.4) is 0 Å². The molecule has 1 aromatic carbocycles. The summed E-state index contributed by atoms with van der Waals surface area (Å²) < 4.78 is 17.7. The average molecular weight is 334 g/mol. The number of ether oxygens (including phenoxy) is 3. The van der Waals surface area contributed by atoms with Gasteiger partial charge in [-0.05, 0) is 12.1 Å². The first-order chi connectivity index (χ1) is 11.1.